The van der Waals surface area contributed by atoms with E-state index in [2.05, 4.69) is 32.9 Å². The molecule has 13 aliphatic rings. The molecule has 9 saturated heterocycles. The third-order valence-electron chi connectivity index (χ3n) is 21.0. The SMILES string of the molecule is C[C@@H]1C[C@@H]2O[C@@H]3[C@@H](C)[C@H](O)[C@]4(C)O[C@]5(C[C@H](O)CO5)[C@@H](C)[C@H](C)[C@H]4O[C@H]3C[C@H]2O[C@H]2C[C@H]3O[C@H]4CC=CC[C@H]5O[C@H]6C=C[C@H]7O[C@H]8[C@H](O)[C@H]9O[C@@H](C=C[C@H](O)CO)C=CC[C@@H]9O[C@@H]8C[C@@H]7O[C@@H]6C=C[C@@H]5O[C@@H]4C[C@@H](O)[C@]3(C)O[C@@H]2C1. The van der Waals surface area contributed by atoms with Crippen LogP contribution >= 0.6 is 0 Å². The summed E-state index contributed by atoms with van der Waals surface area (Å²) in [5.41, 5.74) is -2.16. The van der Waals surface area contributed by atoms with Gasteiger partial charge >= 0.3 is 0 Å². The van der Waals surface area contributed by atoms with Crippen molar-refractivity contribution in [3.05, 3.63) is 60.8 Å². The lowest BCUT2D eigenvalue weighted by Gasteiger charge is -2.56. The van der Waals surface area contributed by atoms with E-state index >= 15 is 0 Å². The molecule has 1 spiro atoms. The zero-order valence-corrected chi connectivity index (χ0v) is 47.1. The fourth-order valence-corrected chi connectivity index (χ4v) is 16.4. The van der Waals surface area contributed by atoms with Gasteiger partial charge in [0.05, 0.1) is 129 Å². The number of hydrogen-bond acceptors (Lipinski definition) is 19. The molecule has 6 N–H and O–H groups in total. The number of hydrogen-bond donors (Lipinski definition) is 6. The van der Waals surface area contributed by atoms with Gasteiger partial charge < -0.3 is 92.2 Å². The molecule has 446 valence electrons. The molecule has 13 aliphatic heterocycles. The molecule has 13 heterocycles. The predicted molar refractivity (Wildman–Crippen MR) is 284 cm³/mol. The van der Waals surface area contributed by atoms with Crippen LogP contribution in [0.5, 0.6) is 0 Å². The fourth-order valence-electron chi connectivity index (χ4n) is 16.4. The van der Waals surface area contributed by atoms with Crippen LogP contribution in [0.1, 0.15) is 106 Å². The minimum absolute atomic E-state index is 0.0642. The van der Waals surface area contributed by atoms with E-state index in [9.17, 15) is 30.6 Å². The first-order chi connectivity index (χ1) is 38.4. The maximum absolute atomic E-state index is 12.4. The van der Waals surface area contributed by atoms with Gasteiger partial charge in [0.2, 0.25) is 0 Å². The molecule has 0 aromatic carbocycles. The number of fused-ring (bicyclic) bond motifs is 11. The summed E-state index contributed by atoms with van der Waals surface area (Å²) >= 11 is 0. The average Bonchev–Trinajstić information content (AvgIpc) is 3.82. The van der Waals surface area contributed by atoms with Crippen LogP contribution in [-0.2, 0) is 61.6 Å². The molecule has 19 nitrogen and oxygen atoms in total. The van der Waals surface area contributed by atoms with E-state index in [0.717, 1.165) is 6.42 Å². The minimum Gasteiger partial charge on any atom is -0.393 e. The Labute approximate surface area is 469 Å². The first-order valence-electron chi connectivity index (χ1n) is 30.3. The smallest absolute Gasteiger partial charge is 0.174 e. The monoisotopic (exact) mass is 1120 g/mol. The maximum Gasteiger partial charge on any atom is 0.174 e. The number of rotatable bonds is 3. The molecule has 0 unspecified atom stereocenters. The van der Waals surface area contributed by atoms with Crippen molar-refractivity contribution in [1.82, 2.24) is 0 Å². The number of aliphatic hydroxyl groups excluding tert-OH is 6. The van der Waals surface area contributed by atoms with Gasteiger partial charge in [-0.3, -0.25) is 0 Å². The Morgan fingerprint density at radius 3 is 1.94 bits per heavy atom. The van der Waals surface area contributed by atoms with Crippen LogP contribution in [0.25, 0.3) is 0 Å². The zero-order chi connectivity index (χ0) is 55.6. The molecule has 0 bridgehead atoms. The summed E-state index contributed by atoms with van der Waals surface area (Å²) in [6, 6.07) is 0. The van der Waals surface area contributed by atoms with Crippen molar-refractivity contribution in [2.45, 2.75) is 281 Å². The van der Waals surface area contributed by atoms with Crippen LogP contribution in [-0.4, -0.2) is 220 Å². The van der Waals surface area contributed by atoms with Gasteiger partial charge in [0, 0.05) is 43.9 Å². The molecular weight excluding hydrogens is 1040 g/mol. The Morgan fingerprint density at radius 2 is 1.18 bits per heavy atom. The van der Waals surface area contributed by atoms with Crippen LogP contribution in [0, 0.1) is 23.7 Å². The summed E-state index contributed by atoms with van der Waals surface area (Å²) < 4.78 is 89.4. The fraction of sp³-hybridized carbons (Fsp3) is 0.836. The second kappa shape index (κ2) is 22.3. The van der Waals surface area contributed by atoms with Crippen molar-refractivity contribution < 1.29 is 92.2 Å². The molecule has 0 amide bonds. The van der Waals surface area contributed by atoms with Crippen molar-refractivity contribution in [3.63, 3.8) is 0 Å². The van der Waals surface area contributed by atoms with Gasteiger partial charge in [0.25, 0.3) is 0 Å². The largest absolute Gasteiger partial charge is 0.393 e. The van der Waals surface area contributed by atoms with Crippen LogP contribution < -0.4 is 0 Å². The molecule has 19 heteroatoms. The molecule has 0 aromatic heterocycles. The highest BCUT2D eigenvalue weighted by Gasteiger charge is 2.67. The van der Waals surface area contributed by atoms with Crippen molar-refractivity contribution in [3.8, 4) is 0 Å². The lowest BCUT2D eigenvalue weighted by atomic mass is 9.70. The third kappa shape index (κ3) is 10.3. The minimum atomic E-state index is -1.11. The number of ether oxygens (including phenoxy) is 13. The second-order valence-electron chi connectivity index (χ2n) is 26.5. The normalized spacial score (nSPS) is 56.8. The van der Waals surface area contributed by atoms with E-state index < -0.39 is 140 Å². The quantitative estimate of drug-likeness (QED) is 0.222. The predicted octanol–water partition coefficient (Wildman–Crippen LogP) is 3.36. The van der Waals surface area contributed by atoms with Crippen molar-refractivity contribution in [1.29, 1.82) is 0 Å². The molecule has 13 rings (SSSR count). The van der Waals surface area contributed by atoms with Crippen molar-refractivity contribution >= 4 is 0 Å². The van der Waals surface area contributed by atoms with Crippen molar-refractivity contribution in [2.75, 3.05) is 13.2 Å². The van der Waals surface area contributed by atoms with Gasteiger partial charge in [0.15, 0.2) is 5.79 Å². The Balaban J connectivity index is 0.681. The zero-order valence-electron chi connectivity index (χ0n) is 47.1. The van der Waals surface area contributed by atoms with Crippen LogP contribution in [0.2, 0.25) is 0 Å². The topological polar surface area (TPSA) is 241 Å². The molecule has 0 radical (unpaired) electrons. The van der Waals surface area contributed by atoms with E-state index in [1.165, 1.54) is 6.08 Å². The molecule has 80 heavy (non-hydrogen) atoms. The first-order valence-corrected chi connectivity index (χ1v) is 30.3. The molecule has 33 atom stereocenters. The van der Waals surface area contributed by atoms with E-state index in [4.69, 9.17) is 61.6 Å². The summed E-state index contributed by atoms with van der Waals surface area (Å²) in [4.78, 5) is 0. The van der Waals surface area contributed by atoms with E-state index in [1.807, 2.05) is 57.2 Å². The Kier molecular flexibility index (Phi) is 15.9. The highest BCUT2D eigenvalue weighted by molar-refractivity contribution is 5.18. The summed E-state index contributed by atoms with van der Waals surface area (Å²) in [5, 5.41) is 66.3. The summed E-state index contributed by atoms with van der Waals surface area (Å²) in [5.74, 6) is -1.32. The first kappa shape index (κ1) is 57.0. The molecule has 0 aliphatic carbocycles. The van der Waals surface area contributed by atoms with Gasteiger partial charge in [0.1, 0.15) is 53.9 Å². The van der Waals surface area contributed by atoms with Crippen molar-refractivity contribution in [2.24, 2.45) is 23.7 Å². The van der Waals surface area contributed by atoms with Gasteiger partial charge in [-0.25, -0.2) is 0 Å². The standard InChI is InChI=1S/C61H88O19/c1-29-20-43-45(23-49-54(77-43)31(3)57(67)60(6)58(78-49)30(2)32(4)61(80-60)26-34(64)28-68-61)74-47-25-52-59(5,79-48(47)21-29)51(65)24-46-37(75-52)12-8-7-11-36-38(72-46)16-17-40-39(70-36)18-19-41-44(71-40)22-50-56(76-41)53(66)55-42(73-50)13-9-10-35(69-55)15-14-33(63)27-62/h7-10,14-19,29-58,62-67H,11-13,20-28H2,1-6H3/t29-,30+,31-,32+,33+,34+,35-,36-,37+,38+,39+,40-,41-,42+,43+,44+,45-,46-,47+,48-,49+,50-,51-,52-,53-,54-,55+,56-,57+,58-,59+,60+,61-/m1/s1. The van der Waals surface area contributed by atoms with Gasteiger partial charge in [-0.15, -0.1) is 0 Å². The summed E-state index contributed by atoms with van der Waals surface area (Å²) in [7, 11) is 0. The van der Waals surface area contributed by atoms with Gasteiger partial charge in [-0.1, -0.05) is 88.5 Å². The van der Waals surface area contributed by atoms with Crippen LogP contribution in [0.4, 0.5) is 0 Å². The lowest BCUT2D eigenvalue weighted by molar-refractivity contribution is -0.373. The van der Waals surface area contributed by atoms with E-state index in [0.29, 0.717) is 57.8 Å². The van der Waals surface area contributed by atoms with Crippen LogP contribution in [0.15, 0.2) is 60.8 Å². The molecule has 0 saturated carbocycles. The third-order valence-corrected chi connectivity index (χ3v) is 21.0. The molecule has 9 fully saturated rings. The van der Waals surface area contributed by atoms with E-state index in [1.54, 1.807) is 6.08 Å². The average molecular weight is 1130 g/mol. The maximum atomic E-state index is 12.4. The van der Waals surface area contributed by atoms with Gasteiger partial charge in [-0.2, -0.15) is 0 Å². The van der Waals surface area contributed by atoms with Gasteiger partial charge in [-0.05, 0) is 57.8 Å². The molecule has 0 aromatic rings. The van der Waals surface area contributed by atoms with E-state index in [-0.39, 0.29) is 73.0 Å². The highest BCUT2D eigenvalue weighted by atomic mass is 16.7. The number of aliphatic hydroxyl groups is 6. The summed E-state index contributed by atoms with van der Waals surface area (Å²) in [6.45, 7) is 12.2. The summed E-state index contributed by atoms with van der Waals surface area (Å²) in [6.07, 6.45) is 10.8. The lowest BCUT2D eigenvalue weighted by Crippen LogP contribution is -2.67. The Morgan fingerprint density at radius 1 is 0.550 bits per heavy atom. The van der Waals surface area contributed by atoms with Crippen LogP contribution in [0.3, 0.4) is 0 Å². The highest BCUT2D eigenvalue weighted by Crippen LogP contribution is 2.55. The molecular formula is C61H88O19. The Bertz CT molecular complexity index is 2350. The Hall–Kier alpha value is -2.06. The second-order valence-corrected chi connectivity index (χ2v) is 26.5.